The van der Waals surface area contributed by atoms with Crippen molar-refractivity contribution in [2.24, 2.45) is 0 Å². The SMILES string of the molecule is C=C1OC(C)(C)CC(=O)/C1=C/C/C(O)=C\C. The van der Waals surface area contributed by atoms with Crippen molar-refractivity contribution in [2.45, 2.75) is 39.2 Å². The number of carbonyl (C=O) groups excluding carboxylic acids is 1. The van der Waals surface area contributed by atoms with Gasteiger partial charge in [-0.25, -0.2) is 0 Å². The molecule has 1 N–H and O–H groups in total. The zero-order chi connectivity index (χ0) is 12.3. The predicted molar refractivity (Wildman–Crippen MR) is 63.0 cm³/mol. The molecule has 1 aliphatic rings. The van der Waals surface area contributed by atoms with Gasteiger partial charge in [-0.3, -0.25) is 4.79 Å². The zero-order valence-corrected chi connectivity index (χ0v) is 10.0. The van der Waals surface area contributed by atoms with Crippen LogP contribution in [0.4, 0.5) is 0 Å². The lowest BCUT2D eigenvalue weighted by molar-refractivity contribution is -0.123. The molecule has 1 fully saturated rings. The summed E-state index contributed by atoms with van der Waals surface area (Å²) in [5.74, 6) is 0.647. The van der Waals surface area contributed by atoms with E-state index < -0.39 is 5.60 Å². The van der Waals surface area contributed by atoms with Gasteiger partial charge in [0.25, 0.3) is 0 Å². The van der Waals surface area contributed by atoms with Gasteiger partial charge in [0.15, 0.2) is 5.78 Å². The summed E-state index contributed by atoms with van der Waals surface area (Å²) >= 11 is 0. The molecule has 88 valence electrons. The smallest absolute Gasteiger partial charge is 0.170 e. The molecule has 16 heavy (non-hydrogen) atoms. The Hall–Kier alpha value is -1.51. The van der Waals surface area contributed by atoms with E-state index in [4.69, 9.17) is 4.74 Å². The van der Waals surface area contributed by atoms with Gasteiger partial charge >= 0.3 is 0 Å². The summed E-state index contributed by atoms with van der Waals surface area (Å²) in [6.07, 6.45) is 3.93. The average Bonchev–Trinajstić information content (AvgIpc) is 2.14. The predicted octanol–water partition coefficient (Wildman–Crippen LogP) is 3.05. The molecule has 0 aliphatic carbocycles. The highest BCUT2D eigenvalue weighted by atomic mass is 16.5. The first kappa shape index (κ1) is 12.6. The molecule has 0 amide bonds. The van der Waals surface area contributed by atoms with Crippen molar-refractivity contribution in [2.75, 3.05) is 0 Å². The number of ketones is 1. The fourth-order valence-electron chi connectivity index (χ4n) is 1.61. The Bertz CT molecular complexity index is 351. The van der Waals surface area contributed by atoms with E-state index in [0.717, 1.165) is 0 Å². The van der Waals surface area contributed by atoms with E-state index >= 15 is 0 Å². The molecular formula is C13H18O3. The van der Waals surface area contributed by atoms with Crippen LogP contribution in [0.1, 0.15) is 33.6 Å². The van der Waals surface area contributed by atoms with E-state index in [2.05, 4.69) is 6.58 Å². The molecule has 0 unspecified atom stereocenters. The Labute approximate surface area is 96.1 Å². The molecule has 1 aliphatic heterocycles. The molecule has 1 heterocycles. The molecule has 1 saturated heterocycles. The highest BCUT2D eigenvalue weighted by Gasteiger charge is 2.33. The van der Waals surface area contributed by atoms with Gasteiger partial charge < -0.3 is 9.84 Å². The molecule has 3 heteroatoms. The largest absolute Gasteiger partial charge is 0.512 e. The molecule has 0 saturated carbocycles. The van der Waals surface area contributed by atoms with Crippen LogP contribution in [0, 0.1) is 0 Å². The lowest BCUT2D eigenvalue weighted by Crippen LogP contribution is -2.34. The summed E-state index contributed by atoms with van der Waals surface area (Å²) in [6.45, 7) is 9.19. The van der Waals surface area contributed by atoms with E-state index in [1.54, 1.807) is 19.1 Å². The maximum Gasteiger partial charge on any atom is 0.170 e. The summed E-state index contributed by atoms with van der Waals surface area (Å²) < 4.78 is 5.54. The second-order valence-corrected chi connectivity index (χ2v) is 4.49. The molecule has 0 spiro atoms. The fraction of sp³-hybridized carbons (Fsp3) is 0.462. The Morgan fingerprint density at radius 1 is 1.62 bits per heavy atom. The van der Waals surface area contributed by atoms with Crippen LogP contribution in [-0.2, 0) is 9.53 Å². The van der Waals surface area contributed by atoms with Crippen molar-refractivity contribution >= 4 is 5.78 Å². The number of rotatable bonds is 2. The summed E-state index contributed by atoms with van der Waals surface area (Å²) in [5, 5.41) is 9.30. The van der Waals surface area contributed by atoms with Gasteiger partial charge in [-0.05, 0) is 26.8 Å². The highest BCUT2D eigenvalue weighted by molar-refractivity contribution is 6.00. The van der Waals surface area contributed by atoms with Crippen LogP contribution in [0.25, 0.3) is 0 Å². The second-order valence-electron chi connectivity index (χ2n) is 4.49. The minimum atomic E-state index is -0.478. The van der Waals surface area contributed by atoms with Crippen molar-refractivity contribution in [3.05, 3.63) is 35.8 Å². The molecule has 0 aromatic rings. The lowest BCUT2D eigenvalue weighted by atomic mass is 9.92. The van der Waals surface area contributed by atoms with Gasteiger partial charge in [-0.15, -0.1) is 0 Å². The number of hydrogen-bond donors (Lipinski definition) is 1. The number of aliphatic hydroxyl groups excluding tert-OH is 1. The number of Topliss-reactive ketones (excluding diaryl/α,β-unsaturated/α-hetero) is 1. The van der Waals surface area contributed by atoms with Crippen LogP contribution in [0.5, 0.6) is 0 Å². The Balaban J connectivity index is 2.83. The topological polar surface area (TPSA) is 46.5 Å². The number of aliphatic hydroxyl groups is 1. The average molecular weight is 222 g/mol. The quantitative estimate of drug-likeness (QED) is 0.577. The van der Waals surface area contributed by atoms with Gasteiger partial charge in [0.2, 0.25) is 0 Å². The van der Waals surface area contributed by atoms with Crippen LogP contribution in [0.2, 0.25) is 0 Å². The van der Waals surface area contributed by atoms with Gasteiger partial charge in [0, 0.05) is 6.42 Å². The van der Waals surface area contributed by atoms with Gasteiger partial charge in [-0.1, -0.05) is 12.7 Å². The van der Waals surface area contributed by atoms with E-state index in [9.17, 15) is 9.90 Å². The number of carbonyl (C=O) groups is 1. The van der Waals surface area contributed by atoms with Crippen molar-refractivity contribution in [1.82, 2.24) is 0 Å². The Morgan fingerprint density at radius 3 is 2.75 bits per heavy atom. The van der Waals surface area contributed by atoms with Crippen molar-refractivity contribution in [3.63, 3.8) is 0 Å². The third kappa shape index (κ3) is 2.99. The van der Waals surface area contributed by atoms with E-state index in [0.29, 0.717) is 24.2 Å². The minimum Gasteiger partial charge on any atom is -0.512 e. The molecule has 0 aromatic carbocycles. The monoisotopic (exact) mass is 222 g/mol. The normalized spacial score (nSPS) is 23.4. The Morgan fingerprint density at radius 2 is 2.25 bits per heavy atom. The summed E-state index contributed by atoms with van der Waals surface area (Å²) in [4.78, 5) is 11.8. The molecule has 0 atom stereocenters. The standard InChI is InChI=1S/C13H18O3/c1-5-10(14)6-7-11-9(2)16-13(3,4)8-12(11)15/h5,7,14H,2,6,8H2,1,3-4H3/b10-5+,11-7+. The third-order valence-corrected chi connectivity index (χ3v) is 2.44. The molecule has 0 aromatic heterocycles. The van der Waals surface area contributed by atoms with E-state index in [1.165, 1.54) is 0 Å². The van der Waals surface area contributed by atoms with Crippen LogP contribution in [-0.4, -0.2) is 16.5 Å². The molecule has 0 radical (unpaired) electrons. The molecule has 3 nitrogen and oxygen atoms in total. The maximum absolute atomic E-state index is 11.8. The van der Waals surface area contributed by atoms with E-state index in [1.807, 2.05) is 13.8 Å². The van der Waals surface area contributed by atoms with Crippen molar-refractivity contribution < 1.29 is 14.6 Å². The summed E-state index contributed by atoms with van der Waals surface area (Å²) in [6, 6.07) is 0. The van der Waals surface area contributed by atoms with Crippen LogP contribution < -0.4 is 0 Å². The van der Waals surface area contributed by atoms with Crippen LogP contribution in [0.3, 0.4) is 0 Å². The molecule has 1 rings (SSSR count). The van der Waals surface area contributed by atoms with Crippen molar-refractivity contribution in [3.8, 4) is 0 Å². The molecule has 0 bridgehead atoms. The fourth-order valence-corrected chi connectivity index (χ4v) is 1.61. The summed E-state index contributed by atoms with van der Waals surface area (Å²) in [7, 11) is 0. The first-order chi connectivity index (χ1) is 7.35. The number of ether oxygens (including phenoxy) is 1. The maximum atomic E-state index is 11.8. The third-order valence-electron chi connectivity index (χ3n) is 2.44. The van der Waals surface area contributed by atoms with Crippen molar-refractivity contribution in [1.29, 1.82) is 0 Å². The highest BCUT2D eigenvalue weighted by Crippen LogP contribution is 2.31. The zero-order valence-electron chi connectivity index (χ0n) is 10.0. The first-order valence-corrected chi connectivity index (χ1v) is 5.31. The summed E-state index contributed by atoms with van der Waals surface area (Å²) in [5.41, 5.74) is 0.00135. The first-order valence-electron chi connectivity index (χ1n) is 5.31. The minimum absolute atomic E-state index is 0.0187. The molecular weight excluding hydrogens is 204 g/mol. The van der Waals surface area contributed by atoms with Crippen LogP contribution >= 0.6 is 0 Å². The van der Waals surface area contributed by atoms with Crippen LogP contribution in [0.15, 0.2) is 35.8 Å². The van der Waals surface area contributed by atoms with Gasteiger partial charge in [0.1, 0.15) is 11.4 Å². The second kappa shape index (κ2) is 4.56. The Kier molecular flexibility index (Phi) is 3.58. The van der Waals surface area contributed by atoms with Gasteiger partial charge in [0.05, 0.1) is 17.8 Å². The lowest BCUT2D eigenvalue weighted by Gasteiger charge is -2.32. The number of hydrogen-bond acceptors (Lipinski definition) is 3. The van der Waals surface area contributed by atoms with Gasteiger partial charge in [-0.2, -0.15) is 0 Å². The van der Waals surface area contributed by atoms with E-state index in [-0.39, 0.29) is 11.5 Å². The number of allylic oxidation sites excluding steroid dienone is 3.